The van der Waals surface area contributed by atoms with Gasteiger partial charge in [0.15, 0.2) is 5.58 Å². The number of H-pyrrole nitrogens is 1. The Bertz CT molecular complexity index is 519. The van der Waals surface area contributed by atoms with E-state index in [1.165, 1.54) is 5.56 Å². The van der Waals surface area contributed by atoms with Gasteiger partial charge in [0, 0.05) is 1.43 Å². The molecular weight excluding hydrogens is 178 g/mol. The van der Waals surface area contributed by atoms with Crippen LogP contribution in [0.1, 0.15) is 27.8 Å². The summed E-state index contributed by atoms with van der Waals surface area (Å²) < 4.78 is 4.92. The molecule has 76 valence electrons. The van der Waals surface area contributed by atoms with Crippen molar-refractivity contribution in [3.8, 4) is 0 Å². The predicted octanol–water partition coefficient (Wildman–Crippen LogP) is 2.66. The fourth-order valence-electron chi connectivity index (χ4n) is 1.42. The minimum atomic E-state index is -0.397. The number of rotatable bonds is 0. The van der Waals surface area contributed by atoms with Gasteiger partial charge in [0.05, 0.1) is 5.52 Å². The topological polar surface area (TPSA) is 46.0 Å². The second kappa shape index (κ2) is 2.74. The summed E-state index contributed by atoms with van der Waals surface area (Å²) in [6, 6.07) is 5.77. The van der Waals surface area contributed by atoms with Crippen molar-refractivity contribution >= 4 is 11.1 Å². The Balaban J connectivity index is 0.00000112. The third-order valence-electron chi connectivity index (χ3n) is 2.28. The van der Waals surface area contributed by atoms with E-state index in [4.69, 9.17) is 4.42 Å². The van der Waals surface area contributed by atoms with Crippen LogP contribution in [0.25, 0.3) is 11.1 Å². The van der Waals surface area contributed by atoms with Crippen molar-refractivity contribution in [2.75, 3.05) is 0 Å². The second-order valence-electron chi connectivity index (χ2n) is 4.48. The second-order valence-corrected chi connectivity index (χ2v) is 4.48. The molecular formula is C11H15NO2. The number of fused-ring (bicyclic) bond motifs is 1. The van der Waals surface area contributed by atoms with Crippen molar-refractivity contribution in [2.45, 2.75) is 26.2 Å². The molecule has 14 heavy (non-hydrogen) atoms. The highest BCUT2D eigenvalue weighted by atomic mass is 16.4. The van der Waals surface area contributed by atoms with Gasteiger partial charge in [-0.15, -0.1) is 0 Å². The highest BCUT2D eigenvalue weighted by Gasteiger charge is 2.14. The van der Waals surface area contributed by atoms with E-state index in [1.807, 2.05) is 18.2 Å². The van der Waals surface area contributed by atoms with Crippen molar-refractivity contribution in [1.82, 2.24) is 4.98 Å². The van der Waals surface area contributed by atoms with Crippen LogP contribution in [0.15, 0.2) is 27.4 Å². The summed E-state index contributed by atoms with van der Waals surface area (Å²) in [4.78, 5) is 13.6. The van der Waals surface area contributed by atoms with Gasteiger partial charge in [-0.2, -0.15) is 0 Å². The SMILES string of the molecule is CC(C)(C)c1ccc2oc(=O)[nH]c2c1.[HH]. The summed E-state index contributed by atoms with van der Waals surface area (Å²) in [6.07, 6.45) is 0. The lowest BCUT2D eigenvalue weighted by atomic mass is 9.87. The van der Waals surface area contributed by atoms with Crippen LogP contribution in [0.5, 0.6) is 0 Å². The molecule has 0 aliphatic heterocycles. The molecule has 1 aromatic heterocycles. The Morgan fingerprint density at radius 3 is 2.71 bits per heavy atom. The molecule has 3 nitrogen and oxygen atoms in total. The van der Waals surface area contributed by atoms with Gasteiger partial charge in [-0.25, -0.2) is 4.79 Å². The normalized spacial score (nSPS) is 12.2. The number of aromatic nitrogens is 1. The van der Waals surface area contributed by atoms with E-state index < -0.39 is 5.76 Å². The van der Waals surface area contributed by atoms with Gasteiger partial charge in [-0.1, -0.05) is 26.8 Å². The summed E-state index contributed by atoms with van der Waals surface area (Å²) in [5, 5.41) is 0. The van der Waals surface area contributed by atoms with Gasteiger partial charge in [-0.05, 0) is 23.1 Å². The molecule has 0 fully saturated rings. The minimum absolute atomic E-state index is 0. The van der Waals surface area contributed by atoms with Crippen molar-refractivity contribution in [1.29, 1.82) is 0 Å². The van der Waals surface area contributed by atoms with Crippen LogP contribution in [-0.2, 0) is 5.41 Å². The highest BCUT2D eigenvalue weighted by molar-refractivity contribution is 5.73. The van der Waals surface area contributed by atoms with E-state index >= 15 is 0 Å². The molecule has 3 heteroatoms. The number of hydrogen-bond donors (Lipinski definition) is 1. The van der Waals surface area contributed by atoms with Crippen molar-refractivity contribution in [3.63, 3.8) is 0 Å². The highest BCUT2D eigenvalue weighted by Crippen LogP contribution is 2.24. The maximum Gasteiger partial charge on any atom is 0.417 e. The molecule has 0 spiro atoms. The van der Waals surface area contributed by atoms with Crippen molar-refractivity contribution in [2.24, 2.45) is 0 Å². The number of hydrogen-bond acceptors (Lipinski definition) is 2. The molecule has 0 saturated heterocycles. The van der Waals surface area contributed by atoms with Crippen molar-refractivity contribution in [3.05, 3.63) is 34.3 Å². The summed E-state index contributed by atoms with van der Waals surface area (Å²) >= 11 is 0. The smallest absolute Gasteiger partial charge is 0.408 e. The third-order valence-corrected chi connectivity index (χ3v) is 2.28. The van der Waals surface area contributed by atoms with Gasteiger partial charge in [0.1, 0.15) is 0 Å². The Hall–Kier alpha value is -1.51. The monoisotopic (exact) mass is 193 g/mol. The lowest BCUT2D eigenvalue weighted by molar-refractivity contribution is 0.555. The summed E-state index contributed by atoms with van der Waals surface area (Å²) in [5.74, 6) is -0.397. The Labute approximate surface area is 83.2 Å². The first-order valence-corrected chi connectivity index (χ1v) is 4.60. The van der Waals surface area contributed by atoms with E-state index in [-0.39, 0.29) is 6.84 Å². The van der Waals surface area contributed by atoms with Crippen LogP contribution >= 0.6 is 0 Å². The molecule has 2 aromatic rings. The van der Waals surface area contributed by atoms with Gasteiger partial charge < -0.3 is 4.42 Å². The summed E-state index contributed by atoms with van der Waals surface area (Å²) in [5.41, 5.74) is 2.65. The standard InChI is InChI=1S/C11H13NO2.H2/c1-11(2,3)7-4-5-9-8(6-7)12-10(13)14-9;/h4-6H,1-3H3,(H,12,13);1H. The summed E-state index contributed by atoms with van der Waals surface area (Å²) in [7, 11) is 0. The fraction of sp³-hybridized carbons (Fsp3) is 0.364. The number of aromatic amines is 1. The Morgan fingerprint density at radius 1 is 1.36 bits per heavy atom. The molecule has 0 saturated carbocycles. The van der Waals surface area contributed by atoms with Crippen LogP contribution in [0, 0.1) is 0 Å². The fourth-order valence-corrected chi connectivity index (χ4v) is 1.42. The Morgan fingerprint density at radius 2 is 2.07 bits per heavy atom. The predicted molar refractivity (Wildman–Crippen MR) is 57.6 cm³/mol. The van der Waals surface area contributed by atoms with Crippen LogP contribution in [0.4, 0.5) is 0 Å². The first kappa shape index (κ1) is 9.06. The molecule has 0 aliphatic rings. The summed E-state index contributed by atoms with van der Waals surface area (Å²) in [6.45, 7) is 6.39. The largest absolute Gasteiger partial charge is 0.417 e. The number of oxazole rings is 1. The number of nitrogens with one attached hydrogen (secondary N) is 1. The molecule has 1 aromatic carbocycles. The van der Waals surface area contributed by atoms with E-state index in [0.29, 0.717) is 5.58 Å². The molecule has 0 radical (unpaired) electrons. The van der Waals surface area contributed by atoms with Gasteiger partial charge >= 0.3 is 5.76 Å². The first-order chi connectivity index (χ1) is 6.47. The molecule has 1 N–H and O–H groups in total. The molecule has 0 unspecified atom stereocenters. The zero-order chi connectivity index (χ0) is 10.3. The third kappa shape index (κ3) is 1.45. The van der Waals surface area contributed by atoms with Crippen LogP contribution in [-0.4, -0.2) is 4.98 Å². The van der Waals surface area contributed by atoms with Crippen LogP contribution in [0.2, 0.25) is 0 Å². The van der Waals surface area contributed by atoms with Crippen LogP contribution < -0.4 is 5.76 Å². The maximum absolute atomic E-state index is 10.9. The quantitative estimate of drug-likeness (QED) is 0.699. The molecule has 0 bridgehead atoms. The lowest BCUT2D eigenvalue weighted by Crippen LogP contribution is -2.10. The Kier molecular flexibility index (Phi) is 1.77. The van der Waals surface area contributed by atoms with Gasteiger partial charge in [0.2, 0.25) is 0 Å². The zero-order valence-electron chi connectivity index (χ0n) is 8.55. The first-order valence-electron chi connectivity index (χ1n) is 4.60. The zero-order valence-corrected chi connectivity index (χ0v) is 8.55. The molecule has 0 aliphatic carbocycles. The number of benzene rings is 1. The molecule has 2 rings (SSSR count). The average Bonchev–Trinajstić information content (AvgIpc) is 2.41. The van der Waals surface area contributed by atoms with Crippen molar-refractivity contribution < 1.29 is 5.84 Å². The van der Waals surface area contributed by atoms with Gasteiger partial charge in [-0.3, -0.25) is 4.98 Å². The van der Waals surface area contributed by atoms with Crippen LogP contribution in [0.3, 0.4) is 0 Å². The van der Waals surface area contributed by atoms with Gasteiger partial charge in [0.25, 0.3) is 0 Å². The molecule has 0 amide bonds. The molecule has 0 atom stereocenters. The maximum atomic E-state index is 10.9. The van der Waals surface area contributed by atoms with E-state index in [0.717, 1.165) is 5.52 Å². The van der Waals surface area contributed by atoms with E-state index in [2.05, 4.69) is 25.8 Å². The molecule has 1 heterocycles. The van der Waals surface area contributed by atoms with E-state index in [1.54, 1.807) is 0 Å². The van der Waals surface area contributed by atoms with E-state index in [9.17, 15) is 4.79 Å². The minimum Gasteiger partial charge on any atom is -0.408 e. The lowest BCUT2D eigenvalue weighted by Gasteiger charge is -2.18. The average molecular weight is 193 g/mol.